The summed E-state index contributed by atoms with van der Waals surface area (Å²) in [5.74, 6) is -3.19. The van der Waals surface area contributed by atoms with E-state index < -0.39 is 29.5 Å². The van der Waals surface area contributed by atoms with Gasteiger partial charge in [-0.15, -0.1) is 0 Å². The van der Waals surface area contributed by atoms with E-state index in [9.17, 15) is 23.2 Å². The molecule has 1 aliphatic carbocycles. The topological polar surface area (TPSA) is 89.3 Å². The Kier molecular flexibility index (Phi) is 5.41. The van der Waals surface area contributed by atoms with Crippen molar-refractivity contribution >= 4 is 17.6 Å². The number of carbonyl (C=O) groups is 3. The monoisotopic (exact) mass is 324 g/mol. The molecule has 1 aliphatic rings. The Morgan fingerprint density at radius 2 is 2.09 bits per heavy atom. The average Bonchev–Trinajstić information content (AvgIpc) is 2.47. The second kappa shape index (κ2) is 7.30. The van der Waals surface area contributed by atoms with Crippen LogP contribution in [0.15, 0.2) is 18.2 Å². The lowest BCUT2D eigenvalue weighted by Crippen LogP contribution is -2.50. The maximum Gasteiger partial charge on any atom is 0.240 e. The number of nitrogens with one attached hydrogen (secondary N) is 1. The summed E-state index contributed by atoms with van der Waals surface area (Å²) in [7, 11) is 0. The predicted octanol–water partition coefficient (Wildman–Crippen LogP) is 1.24. The van der Waals surface area contributed by atoms with Crippen LogP contribution in [0.3, 0.4) is 0 Å². The maximum atomic E-state index is 13.6. The Labute approximate surface area is 132 Å². The van der Waals surface area contributed by atoms with Gasteiger partial charge in [-0.2, -0.15) is 0 Å². The van der Waals surface area contributed by atoms with E-state index in [1.807, 2.05) is 0 Å². The van der Waals surface area contributed by atoms with Crippen LogP contribution in [0.1, 0.15) is 31.2 Å². The molecular formula is C16H18F2N2O3. The predicted molar refractivity (Wildman–Crippen MR) is 78.2 cm³/mol. The second-order valence-electron chi connectivity index (χ2n) is 5.76. The first-order valence-electron chi connectivity index (χ1n) is 7.41. The molecule has 1 saturated carbocycles. The number of ketones is 1. The van der Waals surface area contributed by atoms with Gasteiger partial charge in [0, 0.05) is 18.9 Å². The van der Waals surface area contributed by atoms with Crippen LogP contribution in [0.2, 0.25) is 0 Å². The molecule has 124 valence electrons. The van der Waals surface area contributed by atoms with Crippen molar-refractivity contribution in [3.05, 3.63) is 35.4 Å². The van der Waals surface area contributed by atoms with Gasteiger partial charge in [0.2, 0.25) is 11.8 Å². The summed E-state index contributed by atoms with van der Waals surface area (Å²) in [6, 6.07) is 1.95. The Hall–Kier alpha value is -2.31. The van der Waals surface area contributed by atoms with Gasteiger partial charge < -0.3 is 11.1 Å². The van der Waals surface area contributed by atoms with Crippen molar-refractivity contribution in [1.82, 2.24) is 5.32 Å². The molecule has 0 spiro atoms. The van der Waals surface area contributed by atoms with E-state index in [0.29, 0.717) is 25.3 Å². The van der Waals surface area contributed by atoms with Crippen molar-refractivity contribution in [1.29, 1.82) is 0 Å². The summed E-state index contributed by atoms with van der Waals surface area (Å²) < 4.78 is 26.4. The molecule has 2 rings (SSSR count). The number of hydrogen-bond acceptors (Lipinski definition) is 3. The lowest BCUT2D eigenvalue weighted by molar-refractivity contribution is -0.130. The minimum Gasteiger partial charge on any atom is -0.368 e. The fourth-order valence-corrected chi connectivity index (χ4v) is 2.83. The first-order chi connectivity index (χ1) is 10.9. The average molecular weight is 324 g/mol. The molecule has 23 heavy (non-hydrogen) atoms. The summed E-state index contributed by atoms with van der Waals surface area (Å²) in [6.45, 7) is 0. The zero-order valence-electron chi connectivity index (χ0n) is 12.5. The van der Waals surface area contributed by atoms with Crippen LogP contribution in [0.4, 0.5) is 8.78 Å². The number of nitrogens with two attached hydrogens (primary N) is 1. The normalized spacial score (nSPS) is 19.2. The number of carbonyl (C=O) groups excluding carboxylic acids is 3. The SMILES string of the molecule is NC(=O)[C@H](NC(=O)Cc1ccc(F)cc1F)[C@@H]1CCCC(=O)C1. The van der Waals surface area contributed by atoms with Crippen molar-refractivity contribution in [2.75, 3.05) is 0 Å². The van der Waals surface area contributed by atoms with Gasteiger partial charge in [-0.3, -0.25) is 14.4 Å². The Bertz CT molecular complexity index is 634. The van der Waals surface area contributed by atoms with Crippen LogP contribution in [-0.2, 0) is 20.8 Å². The van der Waals surface area contributed by atoms with E-state index >= 15 is 0 Å². The summed E-state index contributed by atoms with van der Waals surface area (Å²) >= 11 is 0. The van der Waals surface area contributed by atoms with Crippen molar-refractivity contribution in [2.45, 2.75) is 38.1 Å². The number of hydrogen-bond donors (Lipinski definition) is 2. The van der Waals surface area contributed by atoms with Crippen LogP contribution < -0.4 is 11.1 Å². The lowest BCUT2D eigenvalue weighted by atomic mass is 9.83. The molecule has 3 N–H and O–H groups in total. The molecule has 5 nitrogen and oxygen atoms in total. The molecule has 0 heterocycles. The third kappa shape index (κ3) is 4.58. The maximum absolute atomic E-state index is 13.6. The zero-order valence-corrected chi connectivity index (χ0v) is 12.5. The van der Waals surface area contributed by atoms with E-state index in [1.165, 1.54) is 6.07 Å². The first kappa shape index (κ1) is 17.1. The molecule has 7 heteroatoms. The Balaban J connectivity index is 2.03. The van der Waals surface area contributed by atoms with Gasteiger partial charge in [-0.05, 0) is 30.4 Å². The van der Waals surface area contributed by atoms with Gasteiger partial charge in [-0.1, -0.05) is 6.07 Å². The standard InChI is InChI=1S/C16H18F2N2O3/c17-11-5-4-9(13(18)8-11)7-14(22)20-15(16(19)23)10-2-1-3-12(21)6-10/h4-5,8,10,15H,1-3,6-7H2,(H2,19,23)(H,20,22)/t10-,15-/m1/s1. The van der Waals surface area contributed by atoms with Crippen molar-refractivity contribution in [3.63, 3.8) is 0 Å². The van der Waals surface area contributed by atoms with E-state index in [1.54, 1.807) is 0 Å². The molecule has 0 bridgehead atoms. The van der Waals surface area contributed by atoms with Gasteiger partial charge in [-0.25, -0.2) is 8.78 Å². The van der Waals surface area contributed by atoms with Gasteiger partial charge in [0.15, 0.2) is 0 Å². The van der Waals surface area contributed by atoms with Crippen LogP contribution in [-0.4, -0.2) is 23.6 Å². The third-order valence-electron chi connectivity index (χ3n) is 3.98. The second-order valence-corrected chi connectivity index (χ2v) is 5.76. The summed E-state index contributed by atoms with van der Waals surface area (Å²) in [6.07, 6.45) is 1.59. The Morgan fingerprint density at radius 1 is 1.35 bits per heavy atom. The zero-order chi connectivity index (χ0) is 17.0. The highest BCUT2D eigenvalue weighted by Gasteiger charge is 2.32. The molecule has 0 saturated heterocycles. The number of benzene rings is 1. The van der Waals surface area contributed by atoms with Crippen molar-refractivity contribution < 1.29 is 23.2 Å². The molecule has 0 unspecified atom stereocenters. The first-order valence-corrected chi connectivity index (χ1v) is 7.41. The number of primary amides is 1. The highest BCUT2D eigenvalue weighted by Crippen LogP contribution is 2.24. The highest BCUT2D eigenvalue weighted by molar-refractivity contribution is 5.89. The van der Waals surface area contributed by atoms with Crippen molar-refractivity contribution in [3.8, 4) is 0 Å². The van der Waals surface area contributed by atoms with Crippen molar-refractivity contribution in [2.24, 2.45) is 11.7 Å². The molecule has 1 aromatic rings. The summed E-state index contributed by atoms with van der Waals surface area (Å²) in [4.78, 5) is 35.1. The van der Waals surface area contributed by atoms with E-state index in [2.05, 4.69) is 5.32 Å². The van der Waals surface area contributed by atoms with E-state index in [4.69, 9.17) is 5.73 Å². The highest BCUT2D eigenvalue weighted by atomic mass is 19.1. The van der Waals surface area contributed by atoms with E-state index in [-0.39, 0.29) is 30.1 Å². The molecule has 1 aromatic carbocycles. The summed E-state index contributed by atoms with van der Waals surface area (Å²) in [5, 5.41) is 2.47. The van der Waals surface area contributed by atoms with Gasteiger partial charge in [0.1, 0.15) is 23.5 Å². The fraction of sp³-hybridized carbons (Fsp3) is 0.438. The number of halogens is 2. The molecular weight excluding hydrogens is 306 g/mol. The molecule has 2 amide bonds. The molecule has 0 radical (unpaired) electrons. The quantitative estimate of drug-likeness (QED) is 0.854. The minimum absolute atomic E-state index is 0.0202. The number of Topliss-reactive ketones (excluding diaryl/α,β-unsaturated/α-hetero) is 1. The molecule has 1 fully saturated rings. The Morgan fingerprint density at radius 3 is 2.70 bits per heavy atom. The van der Waals surface area contributed by atoms with Crippen LogP contribution >= 0.6 is 0 Å². The van der Waals surface area contributed by atoms with Gasteiger partial charge in [0.05, 0.1) is 6.42 Å². The fourth-order valence-electron chi connectivity index (χ4n) is 2.83. The number of rotatable bonds is 5. The lowest BCUT2D eigenvalue weighted by Gasteiger charge is -2.28. The van der Waals surface area contributed by atoms with Gasteiger partial charge in [0.25, 0.3) is 0 Å². The molecule has 2 atom stereocenters. The number of amides is 2. The molecule has 0 aliphatic heterocycles. The smallest absolute Gasteiger partial charge is 0.240 e. The third-order valence-corrected chi connectivity index (χ3v) is 3.98. The summed E-state index contributed by atoms with van der Waals surface area (Å²) in [5.41, 5.74) is 5.34. The van der Waals surface area contributed by atoms with E-state index in [0.717, 1.165) is 6.07 Å². The van der Waals surface area contributed by atoms with Crippen LogP contribution in [0.25, 0.3) is 0 Å². The molecule has 0 aromatic heterocycles. The minimum atomic E-state index is -0.963. The van der Waals surface area contributed by atoms with Crippen LogP contribution in [0, 0.1) is 17.6 Å². The largest absolute Gasteiger partial charge is 0.368 e. The van der Waals surface area contributed by atoms with Gasteiger partial charge >= 0.3 is 0 Å². The van der Waals surface area contributed by atoms with Crippen LogP contribution in [0.5, 0.6) is 0 Å².